The van der Waals surface area contributed by atoms with E-state index in [1.807, 2.05) is 0 Å². The molecule has 0 radical (unpaired) electrons. The fourth-order valence-corrected chi connectivity index (χ4v) is 2.21. The Kier molecular flexibility index (Phi) is 3.77. The van der Waals surface area contributed by atoms with E-state index >= 15 is 0 Å². The van der Waals surface area contributed by atoms with Crippen LogP contribution in [0.4, 0.5) is 0 Å². The van der Waals surface area contributed by atoms with Gasteiger partial charge in [0, 0.05) is 17.0 Å². The molecule has 0 unspecified atom stereocenters. The fraction of sp³-hybridized carbons (Fsp3) is 0.222. The zero-order chi connectivity index (χ0) is 10.7. The van der Waals surface area contributed by atoms with Gasteiger partial charge in [0.1, 0.15) is 5.75 Å². The molecule has 0 aliphatic rings. The van der Waals surface area contributed by atoms with Gasteiger partial charge < -0.3 is 10.5 Å². The Morgan fingerprint density at radius 2 is 2.29 bits per heavy atom. The van der Waals surface area contributed by atoms with Gasteiger partial charge in [0.15, 0.2) is 0 Å². The van der Waals surface area contributed by atoms with E-state index in [1.54, 1.807) is 19.2 Å². The van der Waals surface area contributed by atoms with Crippen LogP contribution in [0.1, 0.15) is 5.56 Å². The molecule has 0 aromatic heterocycles. The normalized spacial score (nSPS) is 9.93. The summed E-state index contributed by atoms with van der Waals surface area (Å²) < 4.78 is 5.94. The van der Waals surface area contributed by atoms with Crippen LogP contribution in [0.15, 0.2) is 16.6 Å². The van der Waals surface area contributed by atoms with E-state index in [2.05, 4.69) is 15.9 Å². The van der Waals surface area contributed by atoms with Crippen LogP contribution in [0.3, 0.4) is 0 Å². The molecule has 5 heteroatoms. The predicted molar refractivity (Wildman–Crippen MR) is 61.3 cm³/mol. The van der Waals surface area contributed by atoms with Crippen molar-refractivity contribution >= 4 is 33.4 Å². The Morgan fingerprint density at radius 1 is 1.64 bits per heavy atom. The molecule has 0 amide bonds. The number of methoxy groups -OCH3 is 1. The molecule has 14 heavy (non-hydrogen) atoms. The summed E-state index contributed by atoms with van der Waals surface area (Å²) in [6.45, 7) is 0. The molecule has 0 saturated heterocycles. The summed E-state index contributed by atoms with van der Waals surface area (Å²) in [5.41, 5.74) is 6.12. The first-order chi connectivity index (χ1) is 6.54. The zero-order valence-electron chi connectivity index (χ0n) is 7.60. The Morgan fingerprint density at radius 3 is 2.79 bits per heavy atom. The van der Waals surface area contributed by atoms with Gasteiger partial charge >= 0.3 is 0 Å². The molecule has 0 atom stereocenters. The summed E-state index contributed by atoms with van der Waals surface area (Å²) >= 11 is 9.19. The van der Waals surface area contributed by atoms with Crippen LogP contribution < -0.4 is 10.5 Å². The van der Waals surface area contributed by atoms with Gasteiger partial charge in [-0.2, -0.15) is 0 Å². The van der Waals surface area contributed by atoms with Crippen LogP contribution in [-0.2, 0) is 6.42 Å². The van der Waals surface area contributed by atoms with Crippen LogP contribution in [0, 0.1) is 5.41 Å². The lowest BCUT2D eigenvalue weighted by molar-refractivity contribution is 0.408. The van der Waals surface area contributed by atoms with Gasteiger partial charge in [-0.1, -0.05) is 11.6 Å². The molecule has 1 aromatic carbocycles. The largest absolute Gasteiger partial charge is 0.495 e. The summed E-state index contributed by atoms with van der Waals surface area (Å²) in [4.78, 5) is 0. The third-order valence-corrected chi connectivity index (χ3v) is 2.48. The molecule has 3 nitrogen and oxygen atoms in total. The number of nitrogens with two attached hydrogens (primary N) is 1. The van der Waals surface area contributed by atoms with Crippen LogP contribution in [0.25, 0.3) is 0 Å². The zero-order valence-corrected chi connectivity index (χ0v) is 9.95. The maximum atomic E-state index is 7.21. The molecule has 1 aromatic rings. The molecular weight excluding hydrogens is 267 g/mol. The van der Waals surface area contributed by atoms with Crippen molar-refractivity contribution in [3.63, 3.8) is 0 Å². The van der Waals surface area contributed by atoms with Gasteiger partial charge in [-0.3, -0.25) is 5.41 Å². The SMILES string of the molecule is COc1c(Br)cc(Cl)cc1CC(=N)N. The first-order valence-electron chi connectivity index (χ1n) is 3.89. The smallest absolute Gasteiger partial charge is 0.136 e. The number of hydrogen-bond donors (Lipinski definition) is 2. The molecule has 1 rings (SSSR count). The molecule has 0 heterocycles. The van der Waals surface area contributed by atoms with Crippen molar-refractivity contribution in [2.24, 2.45) is 5.73 Å². The first kappa shape index (κ1) is 11.3. The van der Waals surface area contributed by atoms with Gasteiger partial charge in [0.25, 0.3) is 0 Å². The highest BCUT2D eigenvalue weighted by Crippen LogP contribution is 2.32. The summed E-state index contributed by atoms with van der Waals surface area (Å²) in [6, 6.07) is 3.48. The van der Waals surface area contributed by atoms with Crippen LogP contribution in [-0.4, -0.2) is 12.9 Å². The van der Waals surface area contributed by atoms with Crippen molar-refractivity contribution in [3.05, 3.63) is 27.2 Å². The van der Waals surface area contributed by atoms with Crippen molar-refractivity contribution in [2.75, 3.05) is 7.11 Å². The molecule has 0 aliphatic carbocycles. The number of nitrogens with one attached hydrogen (secondary N) is 1. The van der Waals surface area contributed by atoms with E-state index in [-0.39, 0.29) is 5.84 Å². The average molecular weight is 278 g/mol. The van der Waals surface area contributed by atoms with Gasteiger partial charge in [-0.15, -0.1) is 0 Å². The maximum absolute atomic E-state index is 7.21. The minimum atomic E-state index is 0.0810. The van der Waals surface area contributed by atoms with Crippen LogP contribution in [0.5, 0.6) is 5.75 Å². The van der Waals surface area contributed by atoms with Crippen LogP contribution in [0.2, 0.25) is 5.02 Å². The highest BCUT2D eigenvalue weighted by atomic mass is 79.9. The molecule has 0 aliphatic heterocycles. The molecule has 0 saturated carbocycles. The topological polar surface area (TPSA) is 59.1 Å². The van der Waals surface area contributed by atoms with E-state index in [1.165, 1.54) is 0 Å². The second-order valence-corrected chi connectivity index (χ2v) is 4.07. The quantitative estimate of drug-likeness (QED) is 0.659. The second kappa shape index (κ2) is 4.66. The summed E-state index contributed by atoms with van der Waals surface area (Å²) in [5.74, 6) is 0.752. The van der Waals surface area contributed by atoms with Crippen molar-refractivity contribution < 1.29 is 4.74 Å². The number of benzene rings is 1. The van der Waals surface area contributed by atoms with Crippen molar-refractivity contribution in [2.45, 2.75) is 6.42 Å². The highest BCUT2D eigenvalue weighted by Gasteiger charge is 2.09. The van der Waals surface area contributed by atoms with E-state index in [0.717, 1.165) is 10.0 Å². The second-order valence-electron chi connectivity index (χ2n) is 2.78. The molecule has 76 valence electrons. The maximum Gasteiger partial charge on any atom is 0.136 e. The number of rotatable bonds is 3. The van der Waals surface area contributed by atoms with Crippen molar-refractivity contribution in [3.8, 4) is 5.75 Å². The lowest BCUT2D eigenvalue weighted by atomic mass is 10.1. The van der Waals surface area contributed by atoms with Crippen molar-refractivity contribution in [1.29, 1.82) is 5.41 Å². The molecule has 0 bridgehead atoms. The Balaban J connectivity index is 3.17. The number of amidine groups is 1. The monoisotopic (exact) mass is 276 g/mol. The molecular formula is C9H10BrClN2O. The first-order valence-corrected chi connectivity index (χ1v) is 5.06. The summed E-state index contributed by atoms with van der Waals surface area (Å²) in [6.07, 6.45) is 0.336. The number of halogens is 2. The number of hydrogen-bond acceptors (Lipinski definition) is 2. The molecule has 0 fully saturated rings. The summed E-state index contributed by atoms with van der Waals surface area (Å²) in [5, 5.41) is 7.80. The lowest BCUT2D eigenvalue weighted by Crippen LogP contribution is -2.13. The van der Waals surface area contributed by atoms with E-state index in [4.69, 9.17) is 27.5 Å². The lowest BCUT2D eigenvalue weighted by Gasteiger charge is -2.10. The van der Waals surface area contributed by atoms with Gasteiger partial charge in [0.05, 0.1) is 17.4 Å². The molecule has 0 spiro atoms. The van der Waals surface area contributed by atoms with E-state index in [0.29, 0.717) is 17.2 Å². The van der Waals surface area contributed by atoms with Gasteiger partial charge in [0.2, 0.25) is 0 Å². The standard InChI is InChI=1S/C9H10BrClN2O/c1-14-9-5(3-8(12)13)2-6(11)4-7(9)10/h2,4H,3H2,1H3,(H3,12,13). The summed E-state index contributed by atoms with van der Waals surface area (Å²) in [7, 11) is 1.57. The minimum absolute atomic E-state index is 0.0810. The van der Waals surface area contributed by atoms with Crippen molar-refractivity contribution in [1.82, 2.24) is 0 Å². The minimum Gasteiger partial charge on any atom is -0.495 e. The van der Waals surface area contributed by atoms with Gasteiger partial charge in [-0.25, -0.2) is 0 Å². The average Bonchev–Trinajstić information content (AvgIpc) is 2.01. The Labute approximate surface area is 95.8 Å². The van der Waals surface area contributed by atoms with E-state index in [9.17, 15) is 0 Å². The Hall–Kier alpha value is -0.740. The van der Waals surface area contributed by atoms with Gasteiger partial charge in [-0.05, 0) is 28.1 Å². The van der Waals surface area contributed by atoms with E-state index < -0.39 is 0 Å². The van der Waals surface area contributed by atoms with Crippen LogP contribution >= 0.6 is 27.5 Å². The third-order valence-electron chi connectivity index (χ3n) is 1.67. The Bertz CT molecular complexity index is 368. The fourth-order valence-electron chi connectivity index (χ4n) is 1.18. The predicted octanol–water partition coefficient (Wildman–Crippen LogP) is 2.59. The molecule has 3 N–H and O–H groups in total. The number of ether oxygens (including phenoxy) is 1. The highest BCUT2D eigenvalue weighted by molar-refractivity contribution is 9.10. The third kappa shape index (κ3) is 2.62.